The summed E-state index contributed by atoms with van der Waals surface area (Å²) in [5, 5.41) is 11.1. The molecular formula is C10H10F3NO. The Balaban J connectivity index is 2.87. The minimum Gasteiger partial charge on any atom is -0.623 e. The second kappa shape index (κ2) is 4.33. The molecular weight excluding hydrogens is 207 g/mol. The Labute approximate surface area is 85.2 Å². The largest absolute Gasteiger partial charge is 0.623 e. The van der Waals surface area contributed by atoms with Crippen molar-refractivity contribution in [3.05, 3.63) is 41.1 Å². The first-order valence-electron chi connectivity index (χ1n) is 4.33. The lowest BCUT2D eigenvalue weighted by atomic mass is 10.1. The molecule has 1 aromatic rings. The van der Waals surface area contributed by atoms with Crippen molar-refractivity contribution in [3.63, 3.8) is 0 Å². The first kappa shape index (κ1) is 11.6. The third-order valence-electron chi connectivity index (χ3n) is 1.94. The van der Waals surface area contributed by atoms with Crippen LogP contribution >= 0.6 is 0 Å². The zero-order chi connectivity index (χ0) is 11.5. The molecule has 0 heterocycles. The molecule has 0 aliphatic rings. The highest BCUT2D eigenvalue weighted by atomic mass is 19.4. The molecule has 0 fully saturated rings. The lowest BCUT2D eigenvalue weighted by molar-refractivity contribution is -0.505. The monoisotopic (exact) mass is 217 g/mol. The van der Waals surface area contributed by atoms with Gasteiger partial charge in [-0.3, -0.25) is 0 Å². The molecule has 0 N–H and O–H groups in total. The predicted octanol–water partition coefficient (Wildman–Crippen LogP) is 2.89. The van der Waals surface area contributed by atoms with Crippen LogP contribution in [0.15, 0.2) is 30.3 Å². The standard InChI is InChI=1S/C10H10F3NO/c1-8(9-5-3-2-4-6-9)14(15)7-10(11,12)13/h2-8H,1H3/b14-7-/t8-/m1/s1. The summed E-state index contributed by atoms with van der Waals surface area (Å²) >= 11 is 0. The van der Waals surface area contributed by atoms with Crippen LogP contribution in [-0.2, 0) is 0 Å². The van der Waals surface area contributed by atoms with E-state index >= 15 is 0 Å². The van der Waals surface area contributed by atoms with E-state index in [0.717, 1.165) is 0 Å². The molecule has 1 rings (SSSR count). The van der Waals surface area contributed by atoms with Crippen LogP contribution in [0, 0.1) is 5.21 Å². The van der Waals surface area contributed by atoms with Crippen molar-refractivity contribution in [3.8, 4) is 0 Å². The average Bonchev–Trinajstić information content (AvgIpc) is 2.15. The van der Waals surface area contributed by atoms with Crippen molar-refractivity contribution in [1.82, 2.24) is 0 Å². The molecule has 0 spiro atoms. The molecule has 82 valence electrons. The van der Waals surface area contributed by atoms with E-state index in [-0.39, 0.29) is 11.0 Å². The van der Waals surface area contributed by atoms with Gasteiger partial charge < -0.3 is 5.21 Å². The molecule has 0 unspecified atom stereocenters. The molecule has 0 bridgehead atoms. The normalized spacial score (nSPS) is 15.1. The Bertz CT molecular complexity index is 345. The van der Waals surface area contributed by atoms with Gasteiger partial charge in [0.2, 0.25) is 0 Å². The molecule has 0 amide bonds. The van der Waals surface area contributed by atoms with Gasteiger partial charge in [0.1, 0.15) is 0 Å². The fourth-order valence-corrected chi connectivity index (χ4v) is 1.13. The van der Waals surface area contributed by atoms with Gasteiger partial charge in [-0.2, -0.15) is 13.2 Å². The van der Waals surface area contributed by atoms with Crippen molar-refractivity contribution in [1.29, 1.82) is 0 Å². The smallest absolute Gasteiger partial charge is 0.470 e. The molecule has 0 saturated carbocycles. The van der Waals surface area contributed by atoms with Crippen molar-refractivity contribution in [2.45, 2.75) is 19.1 Å². The highest BCUT2D eigenvalue weighted by Gasteiger charge is 2.31. The van der Waals surface area contributed by atoms with E-state index in [0.29, 0.717) is 5.56 Å². The predicted molar refractivity (Wildman–Crippen MR) is 50.6 cm³/mol. The molecule has 0 radical (unpaired) electrons. The molecule has 5 heteroatoms. The number of hydrogen-bond acceptors (Lipinski definition) is 1. The average molecular weight is 217 g/mol. The number of halogens is 3. The summed E-state index contributed by atoms with van der Waals surface area (Å²) in [4.78, 5) is 0. The van der Waals surface area contributed by atoms with Crippen molar-refractivity contribution >= 4 is 6.21 Å². The minimum atomic E-state index is -4.58. The number of benzene rings is 1. The van der Waals surface area contributed by atoms with E-state index in [2.05, 4.69) is 0 Å². The van der Waals surface area contributed by atoms with Gasteiger partial charge >= 0.3 is 6.18 Å². The van der Waals surface area contributed by atoms with Crippen LogP contribution in [0.5, 0.6) is 0 Å². The number of nitrogens with zero attached hydrogens (tertiary/aromatic N) is 1. The topological polar surface area (TPSA) is 26.1 Å². The van der Waals surface area contributed by atoms with Gasteiger partial charge in [0.25, 0.3) is 6.21 Å². The van der Waals surface area contributed by atoms with E-state index < -0.39 is 12.2 Å². The maximum Gasteiger partial charge on any atom is 0.470 e. The van der Waals surface area contributed by atoms with E-state index in [1.54, 1.807) is 30.3 Å². The minimum absolute atomic E-state index is 0.0880. The molecule has 1 atom stereocenters. The zero-order valence-electron chi connectivity index (χ0n) is 8.03. The van der Waals surface area contributed by atoms with E-state index in [1.807, 2.05) is 0 Å². The Morgan fingerprint density at radius 2 is 1.80 bits per heavy atom. The second-order valence-electron chi connectivity index (χ2n) is 3.12. The fourth-order valence-electron chi connectivity index (χ4n) is 1.13. The lowest BCUT2D eigenvalue weighted by Crippen LogP contribution is -2.21. The van der Waals surface area contributed by atoms with Crippen LogP contribution in [-0.4, -0.2) is 17.1 Å². The van der Waals surface area contributed by atoms with E-state index in [9.17, 15) is 18.4 Å². The molecule has 0 aliphatic carbocycles. The van der Waals surface area contributed by atoms with Crippen molar-refractivity contribution in [2.24, 2.45) is 0 Å². The summed E-state index contributed by atoms with van der Waals surface area (Å²) in [6, 6.07) is 7.46. The van der Waals surface area contributed by atoms with Crippen LogP contribution in [0.25, 0.3) is 0 Å². The van der Waals surface area contributed by atoms with Gasteiger partial charge in [-0.25, -0.2) is 4.74 Å². The summed E-state index contributed by atoms with van der Waals surface area (Å²) in [5.74, 6) is 0. The van der Waals surface area contributed by atoms with Gasteiger partial charge in [0, 0.05) is 12.5 Å². The van der Waals surface area contributed by atoms with Gasteiger partial charge in [-0.1, -0.05) is 30.3 Å². The third-order valence-corrected chi connectivity index (χ3v) is 1.94. The third kappa shape index (κ3) is 3.61. The summed E-state index contributed by atoms with van der Waals surface area (Å²) in [7, 11) is 0. The number of hydroxylamine groups is 1. The highest BCUT2D eigenvalue weighted by molar-refractivity contribution is 5.58. The molecule has 0 aromatic heterocycles. The Kier molecular flexibility index (Phi) is 3.34. The fraction of sp³-hybridized carbons (Fsp3) is 0.300. The van der Waals surface area contributed by atoms with Crippen LogP contribution < -0.4 is 0 Å². The van der Waals surface area contributed by atoms with Crippen LogP contribution in [0.1, 0.15) is 18.5 Å². The zero-order valence-corrected chi connectivity index (χ0v) is 8.03. The molecule has 15 heavy (non-hydrogen) atoms. The summed E-state index contributed by atoms with van der Waals surface area (Å²) in [6.07, 6.45) is -4.85. The first-order valence-corrected chi connectivity index (χ1v) is 4.33. The SMILES string of the molecule is C[C@H](c1ccccc1)/[N+]([O-])=C/C(F)(F)F. The summed E-state index contributed by atoms with van der Waals surface area (Å²) < 4.78 is 35.6. The number of rotatable bonds is 2. The maximum absolute atomic E-state index is 11.9. The van der Waals surface area contributed by atoms with Crippen molar-refractivity contribution in [2.75, 3.05) is 0 Å². The molecule has 2 nitrogen and oxygen atoms in total. The highest BCUT2D eigenvalue weighted by Crippen LogP contribution is 2.17. The van der Waals surface area contributed by atoms with Crippen LogP contribution in [0.3, 0.4) is 0 Å². The van der Waals surface area contributed by atoms with Gasteiger partial charge in [-0.05, 0) is 0 Å². The Morgan fingerprint density at radius 3 is 2.27 bits per heavy atom. The summed E-state index contributed by atoms with van der Waals surface area (Å²) in [6.45, 7) is 1.42. The van der Waals surface area contributed by atoms with Gasteiger partial charge in [-0.15, -0.1) is 0 Å². The van der Waals surface area contributed by atoms with Crippen LogP contribution in [0.4, 0.5) is 13.2 Å². The van der Waals surface area contributed by atoms with Gasteiger partial charge in [0.05, 0.1) is 0 Å². The quantitative estimate of drug-likeness (QED) is 0.324. The van der Waals surface area contributed by atoms with Crippen molar-refractivity contribution < 1.29 is 17.9 Å². The van der Waals surface area contributed by atoms with Gasteiger partial charge in [0.15, 0.2) is 6.04 Å². The maximum atomic E-state index is 11.9. The molecule has 0 aliphatic heterocycles. The summed E-state index contributed by atoms with van der Waals surface area (Å²) in [5.41, 5.74) is 0.549. The first-order chi connectivity index (χ1) is 6.90. The number of hydrogen-bond donors (Lipinski definition) is 0. The van der Waals surface area contributed by atoms with E-state index in [4.69, 9.17) is 0 Å². The lowest BCUT2D eigenvalue weighted by Gasteiger charge is -2.13. The Morgan fingerprint density at radius 1 is 1.27 bits per heavy atom. The van der Waals surface area contributed by atoms with E-state index in [1.165, 1.54) is 6.92 Å². The number of alkyl halides is 3. The Hall–Kier alpha value is -1.52. The molecule has 1 aromatic carbocycles. The second-order valence-corrected chi connectivity index (χ2v) is 3.12. The van der Waals surface area contributed by atoms with Crippen LogP contribution in [0.2, 0.25) is 0 Å². The molecule has 0 saturated heterocycles.